The predicted molar refractivity (Wildman–Crippen MR) is 97.7 cm³/mol. The fraction of sp³-hybridized carbons (Fsp3) is 0.333. The molecule has 1 saturated heterocycles. The van der Waals surface area contributed by atoms with E-state index in [0.29, 0.717) is 10.9 Å². The Balaban J connectivity index is 1.88. The summed E-state index contributed by atoms with van der Waals surface area (Å²) in [5.74, 6) is -0.126. The molecule has 0 atom stereocenters. The van der Waals surface area contributed by atoms with E-state index in [-0.39, 0.29) is 11.7 Å². The molecule has 0 amide bonds. The van der Waals surface area contributed by atoms with E-state index >= 15 is 0 Å². The van der Waals surface area contributed by atoms with Gasteiger partial charge in [0.1, 0.15) is 5.82 Å². The van der Waals surface area contributed by atoms with Gasteiger partial charge in [0.2, 0.25) is 0 Å². The Morgan fingerprint density at radius 3 is 2.26 bits per heavy atom. The average molecular weight is 376 g/mol. The van der Waals surface area contributed by atoms with Crippen LogP contribution < -0.4 is 0 Å². The molecule has 1 aliphatic rings. The topological polar surface area (TPSA) is 8.17 Å². The minimum atomic E-state index is -4.38. The normalized spacial score (nSPS) is 16.9. The van der Waals surface area contributed by atoms with Crippen LogP contribution in [0.2, 0.25) is 0 Å². The zero-order chi connectivity index (χ0) is 19.2. The Hall–Kier alpha value is -2.34. The molecule has 0 radical (unpaired) electrons. The monoisotopic (exact) mass is 376 g/mol. The summed E-state index contributed by atoms with van der Waals surface area (Å²) in [6.07, 6.45) is -0.630. The second-order valence-electron chi connectivity index (χ2n) is 7.24. The van der Waals surface area contributed by atoms with Crippen LogP contribution in [0.25, 0.3) is 16.6 Å². The molecular weight excluding hydrogens is 356 g/mol. The highest BCUT2D eigenvalue weighted by Gasteiger charge is 2.32. The minimum Gasteiger partial charge on any atom is -0.316 e. The minimum absolute atomic E-state index is 0.217. The third kappa shape index (κ3) is 3.46. The molecule has 0 spiro atoms. The number of hydrogen-bond donors (Lipinski definition) is 0. The third-order valence-electron chi connectivity index (χ3n) is 5.43. The van der Waals surface area contributed by atoms with Crippen molar-refractivity contribution in [1.82, 2.24) is 9.47 Å². The van der Waals surface area contributed by atoms with Crippen molar-refractivity contribution in [3.05, 3.63) is 65.6 Å². The zero-order valence-electron chi connectivity index (χ0n) is 14.9. The van der Waals surface area contributed by atoms with Crippen molar-refractivity contribution in [2.45, 2.75) is 24.9 Å². The van der Waals surface area contributed by atoms with Crippen LogP contribution in [-0.2, 0) is 6.18 Å². The highest BCUT2D eigenvalue weighted by Crippen LogP contribution is 2.38. The van der Waals surface area contributed by atoms with Crippen LogP contribution >= 0.6 is 0 Å². The molecule has 2 heterocycles. The summed E-state index contributed by atoms with van der Waals surface area (Å²) in [7, 11) is 2.06. The standard InChI is InChI=1S/C21H20F4N2/c1-26-10-8-14(9-11-26)19-13-27(17-5-3-16(22)4-6-17)20-7-2-15(12-18(19)20)21(23,24)25/h2-7,12-14H,8-11H2,1H3. The number of aromatic nitrogens is 1. The van der Waals surface area contributed by atoms with Crippen LogP contribution in [0.15, 0.2) is 48.7 Å². The number of halogens is 4. The Bertz CT molecular complexity index is 949. The quantitative estimate of drug-likeness (QED) is 0.529. The Morgan fingerprint density at radius 1 is 0.963 bits per heavy atom. The molecule has 0 N–H and O–H groups in total. The van der Waals surface area contributed by atoms with Crippen molar-refractivity contribution in [3.63, 3.8) is 0 Å². The number of rotatable bonds is 2. The molecule has 27 heavy (non-hydrogen) atoms. The van der Waals surface area contributed by atoms with Gasteiger partial charge in [-0.2, -0.15) is 13.2 Å². The summed E-state index contributed by atoms with van der Waals surface area (Å²) in [5, 5.41) is 0.628. The van der Waals surface area contributed by atoms with Crippen LogP contribution in [0.3, 0.4) is 0 Å². The SMILES string of the molecule is CN1CCC(c2cn(-c3ccc(F)cc3)c3ccc(C(F)(F)F)cc23)CC1. The molecule has 6 heteroatoms. The van der Waals surface area contributed by atoms with Gasteiger partial charge in [-0.3, -0.25) is 0 Å². The second kappa shape index (κ2) is 6.68. The molecule has 2 nitrogen and oxygen atoms in total. The van der Waals surface area contributed by atoms with Crippen LogP contribution in [0.4, 0.5) is 17.6 Å². The van der Waals surface area contributed by atoms with Gasteiger partial charge in [-0.05, 0) is 86.9 Å². The molecule has 0 bridgehead atoms. The predicted octanol–water partition coefficient (Wildman–Crippen LogP) is 5.60. The first-order valence-corrected chi connectivity index (χ1v) is 8.99. The zero-order valence-corrected chi connectivity index (χ0v) is 14.9. The first-order valence-electron chi connectivity index (χ1n) is 8.99. The van der Waals surface area contributed by atoms with Crippen LogP contribution in [-0.4, -0.2) is 29.6 Å². The highest BCUT2D eigenvalue weighted by molar-refractivity contribution is 5.87. The molecule has 3 aromatic rings. The number of benzene rings is 2. The molecule has 1 aliphatic heterocycles. The molecule has 0 saturated carbocycles. The summed E-state index contributed by atoms with van der Waals surface area (Å²) in [6.45, 7) is 1.85. The van der Waals surface area contributed by atoms with Gasteiger partial charge in [-0.1, -0.05) is 0 Å². The summed E-state index contributed by atoms with van der Waals surface area (Å²) in [4.78, 5) is 2.23. The van der Waals surface area contributed by atoms with E-state index < -0.39 is 11.7 Å². The number of hydrogen-bond acceptors (Lipinski definition) is 1. The summed E-state index contributed by atoms with van der Waals surface area (Å²) < 4.78 is 54.9. The van der Waals surface area contributed by atoms with E-state index in [2.05, 4.69) is 11.9 Å². The molecule has 142 valence electrons. The number of alkyl halides is 3. The average Bonchev–Trinajstić information content (AvgIpc) is 3.01. The van der Waals surface area contributed by atoms with E-state index in [9.17, 15) is 17.6 Å². The molecule has 1 fully saturated rings. The highest BCUT2D eigenvalue weighted by atomic mass is 19.4. The van der Waals surface area contributed by atoms with Gasteiger partial charge in [0.25, 0.3) is 0 Å². The smallest absolute Gasteiger partial charge is 0.316 e. The van der Waals surface area contributed by atoms with Gasteiger partial charge in [0.05, 0.1) is 11.1 Å². The van der Waals surface area contributed by atoms with Crippen molar-refractivity contribution >= 4 is 10.9 Å². The lowest BCUT2D eigenvalue weighted by molar-refractivity contribution is -0.137. The lowest BCUT2D eigenvalue weighted by Crippen LogP contribution is -2.29. The third-order valence-corrected chi connectivity index (χ3v) is 5.43. The van der Waals surface area contributed by atoms with Gasteiger partial charge in [0, 0.05) is 17.3 Å². The molecule has 1 aromatic heterocycles. The van der Waals surface area contributed by atoms with Crippen molar-refractivity contribution in [3.8, 4) is 5.69 Å². The van der Waals surface area contributed by atoms with Crippen molar-refractivity contribution in [1.29, 1.82) is 0 Å². The fourth-order valence-electron chi connectivity index (χ4n) is 3.89. The van der Waals surface area contributed by atoms with Crippen LogP contribution in [0.5, 0.6) is 0 Å². The van der Waals surface area contributed by atoms with Crippen LogP contribution in [0.1, 0.15) is 29.9 Å². The maximum absolute atomic E-state index is 13.3. The molecular formula is C21H20F4N2. The van der Waals surface area contributed by atoms with E-state index in [1.54, 1.807) is 12.1 Å². The van der Waals surface area contributed by atoms with Gasteiger partial charge in [-0.15, -0.1) is 0 Å². The van der Waals surface area contributed by atoms with Crippen molar-refractivity contribution in [2.24, 2.45) is 0 Å². The Labute approximate surface area is 155 Å². The van der Waals surface area contributed by atoms with Gasteiger partial charge < -0.3 is 9.47 Å². The molecule has 0 aliphatic carbocycles. The fourth-order valence-corrected chi connectivity index (χ4v) is 3.89. The van der Waals surface area contributed by atoms with E-state index in [1.165, 1.54) is 24.3 Å². The maximum atomic E-state index is 13.3. The number of likely N-dealkylation sites (tertiary alicyclic amines) is 1. The van der Waals surface area contributed by atoms with Gasteiger partial charge in [0.15, 0.2) is 0 Å². The maximum Gasteiger partial charge on any atom is 0.416 e. The lowest BCUT2D eigenvalue weighted by atomic mass is 9.89. The van der Waals surface area contributed by atoms with E-state index in [4.69, 9.17) is 0 Å². The Kier molecular flexibility index (Phi) is 4.46. The second-order valence-corrected chi connectivity index (χ2v) is 7.24. The lowest BCUT2D eigenvalue weighted by Gasteiger charge is -2.28. The van der Waals surface area contributed by atoms with Gasteiger partial charge in [-0.25, -0.2) is 4.39 Å². The molecule has 2 aromatic carbocycles. The number of nitrogens with zero attached hydrogens (tertiary/aromatic N) is 2. The van der Waals surface area contributed by atoms with E-state index in [0.717, 1.165) is 43.2 Å². The molecule has 0 unspecified atom stereocenters. The molecule has 4 rings (SSSR count). The van der Waals surface area contributed by atoms with E-state index in [1.807, 2.05) is 10.8 Å². The Morgan fingerprint density at radius 2 is 1.63 bits per heavy atom. The van der Waals surface area contributed by atoms with Crippen molar-refractivity contribution < 1.29 is 17.6 Å². The number of fused-ring (bicyclic) bond motifs is 1. The van der Waals surface area contributed by atoms with Gasteiger partial charge >= 0.3 is 6.18 Å². The first kappa shape index (κ1) is 18.0. The first-order chi connectivity index (χ1) is 12.8. The number of piperidine rings is 1. The largest absolute Gasteiger partial charge is 0.416 e. The van der Waals surface area contributed by atoms with Crippen LogP contribution in [0, 0.1) is 5.82 Å². The van der Waals surface area contributed by atoms with Crippen molar-refractivity contribution in [2.75, 3.05) is 20.1 Å². The summed E-state index contributed by atoms with van der Waals surface area (Å²) in [5.41, 5.74) is 1.75. The summed E-state index contributed by atoms with van der Waals surface area (Å²) in [6, 6.07) is 9.89. The summed E-state index contributed by atoms with van der Waals surface area (Å²) >= 11 is 0.